The third-order valence-electron chi connectivity index (χ3n) is 10.7. The van der Waals surface area contributed by atoms with Gasteiger partial charge in [-0.25, -0.2) is 9.59 Å². The van der Waals surface area contributed by atoms with E-state index in [0.717, 1.165) is 50.7 Å². The molecule has 2 amide bonds. The average Bonchev–Trinajstić information content (AvgIpc) is 3.34. The fourth-order valence-corrected chi connectivity index (χ4v) is 6.99. The Morgan fingerprint density at radius 3 is 1.21 bits per heavy atom. The Bertz CT molecular complexity index is 2090. The number of hydrogen-bond acceptors (Lipinski definition) is 13. The zero-order chi connectivity index (χ0) is 48.7. The summed E-state index contributed by atoms with van der Waals surface area (Å²) in [5.74, 6) is 2.73. The molecular formula is C53H69N5O10. The quantitative estimate of drug-likeness (QED) is 0.0473. The molecule has 5 rings (SSSR count). The van der Waals surface area contributed by atoms with Gasteiger partial charge in [0.25, 0.3) is 0 Å². The summed E-state index contributed by atoms with van der Waals surface area (Å²) in [7, 11) is 15.2. The highest BCUT2D eigenvalue weighted by atomic mass is 16.6. The molecule has 15 nitrogen and oxygen atoms in total. The van der Waals surface area contributed by atoms with E-state index in [1.165, 1.54) is 0 Å². The number of benzene rings is 5. The highest BCUT2D eigenvalue weighted by Gasteiger charge is 2.17. The second kappa shape index (κ2) is 27.8. The highest BCUT2D eigenvalue weighted by molar-refractivity contribution is 5.67. The highest BCUT2D eigenvalue weighted by Crippen LogP contribution is 2.26. The summed E-state index contributed by atoms with van der Waals surface area (Å²) in [5.41, 5.74) is 7.14. The lowest BCUT2D eigenvalue weighted by Crippen LogP contribution is -2.29. The van der Waals surface area contributed by atoms with Gasteiger partial charge in [-0.2, -0.15) is 0 Å². The zero-order valence-corrected chi connectivity index (χ0v) is 40.8. The first-order valence-corrected chi connectivity index (χ1v) is 22.7. The van der Waals surface area contributed by atoms with Crippen LogP contribution in [0, 0.1) is 0 Å². The van der Waals surface area contributed by atoms with Gasteiger partial charge in [-0.15, -0.1) is 0 Å². The fourth-order valence-electron chi connectivity index (χ4n) is 6.99. The van der Waals surface area contributed by atoms with Crippen LogP contribution in [-0.2, 0) is 51.4 Å². The number of ether oxygens (including phenoxy) is 8. The minimum absolute atomic E-state index is 0.0618. The van der Waals surface area contributed by atoms with Crippen molar-refractivity contribution in [1.82, 2.24) is 15.5 Å². The Balaban J connectivity index is 1.19. The first-order chi connectivity index (χ1) is 32.8. The molecule has 0 aromatic heterocycles. The van der Waals surface area contributed by atoms with E-state index in [1.54, 1.807) is 14.2 Å². The van der Waals surface area contributed by atoms with Crippen LogP contribution < -0.4 is 39.4 Å². The Morgan fingerprint density at radius 1 is 0.471 bits per heavy atom. The average molecular weight is 936 g/mol. The molecule has 0 heterocycles. The number of carbonyl (C=O) groups excluding carboxylic acids is 2. The smallest absolute Gasteiger partial charge is 0.407 e. The SMILES string of the molecule is COc1ccc(CC(COc2cc(CN(C)C)cc(OCC(Cc3ccc(OC)cc3)OCCOC(=O)NCc3ccc(N(C)C)cc3)c2)OCCOC(=O)NCc2ccc(N(C)C)cc2)cc1. The van der Waals surface area contributed by atoms with E-state index < -0.39 is 12.2 Å². The molecule has 2 unspecified atom stereocenters. The van der Waals surface area contributed by atoms with E-state index in [0.29, 0.717) is 44.0 Å². The van der Waals surface area contributed by atoms with Crippen LogP contribution in [0.2, 0.25) is 0 Å². The number of nitrogens with zero attached hydrogens (tertiary/aromatic N) is 3. The van der Waals surface area contributed by atoms with Crippen LogP contribution in [0.3, 0.4) is 0 Å². The van der Waals surface area contributed by atoms with E-state index in [2.05, 4.69) is 15.5 Å². The molecule has 5 aromatic rings. The maximum absolute atomic E-state index is 12.5. The van der Waals surface area contributed by atoms with Crippen LogP contribution in [0.25, 0.3) is 0 Å². The van der Waals surface area contributed by atoms with E-state index in [4.69, 9.17) is 37.9 Å². The van der Waals surface area contributed by atoms with E-state index in [9.17, 15) is 9.59 Å². The number of alkyl carbamates (subject to hydrolysis) is 2. The van der Waals surface area contributed by atoms with Crippen molar-refractivity contribution in [3.63, 3.8) is 0 Å². The lowest BCUT2D eigenvalue weighted by Gasteiger charge is -2.22. The van der Waals surface area contributed by atoms with Gasteiger partial charge in [0, 0.05) is 78.1 Å². The van der Waals surface area contributed by atoms with Gasteiger partial charge < -0.3 is 63.2 Å². The normalized spacial score (nSPS) is 11.8. The standard InChI is InChI=1S/C53H69N5O10/c1-56(2)36-43-31-48(67-37-50(29-39-13-21-46(61-7)22-14-39)63-25-27-65-52(59)54-34-41-9-17-44(18-10-41)57(3)4)33-49(32-43)68-38-51(30-40-15-23-47(62-8)24-16-40)64-26-28-66-53(60)55-35-42-11-19-45(20-12-42)58(5)6/h9-24,31-33,50-51H,25-30,34-38H2,1-8H3,(H,54,59)(H,55,60). The summed E-state index contributed by atoms with van der Waals surface area (Å²) in [6, 6.07) is 37.3. The van der Waals surface area contributed by atoms with Gasteiger partial charge in [0.2, 0.25) is 0 Å². The van der Waals surface area contributed by atoms with Crippen LogP contribution in [0.15, 0.2) is 115 Å². The minimum Gasteiger partial charge on any atom is -0.497 e. The van der Waals surface area contributed by atoms with Crippen molar-refractivity contribution in [2.45, 2.75) is 44.7 Å². The molecule has 2 atom stereocenters. The Hall–Kier alpha value is -6.68. The molecule has 2 N–H and O–H groups in total. The molecule has 0 radical (unpaired) electrons. The Labute approximate surface area is 402 Å². The van der Waals surface area contributed by atoms with Crippen molar-refractivity contribution in [1.29, 1.82) is 0 Å². The first kappa shape index (κ1) is 52.3. The van der Waals surface area contributed by atoms with Crippen molar-refractivity contribution >= 4 is 23.6 Å². The van der Waals surface area contributed by atoms with E-state index in [-0.39, 0.29) is 51.8 Å². The molecule has 15 heteroatoms. The van der Waals surface area contributed by atoms with Crippen molar-refractivity contribution in [2.24, 2.45) is 0 Å². The zero-order valence-electron chi connectivity index (χ0n) is 40.8. The fraction of sp³-hybridized carbons (Fsp3) is 0.396. The number of nitrogens with one attached hydrogen (secondary N) is 2. The number of methoxy groups -OCH3 is 2. The Kier molecular flexibility index (Phi) is 21.4. The van der Waals surface area contributed by atoms with Crippen LogP contribution >= 0.6 is 0 Å². The van der Waals surface area contributed by atoms with Crippen LogP contribution in [-0.4, -0.2) is 125 Å². The third kappa shape index (κ3) is 18.9. The second-order valence-electron chi connectivity index (χ2n) is 16.9. The van der Waals surface area contributed by atoms with Crippen molar-refractivity contribution in [3.05, 3.63) is 143 Å². The van der Waals surface area contributed by atoms with Gasteiger partial charge in [-0.1, -0.05) is 48.5 Å². The molecule has 0 fully saturated rings. The van der Waals surface area contributed by atoms with E-state index in [1.807, 2.05) is 167 Å². The van der Waals surface area contributed by atoms with Crippen LogP contribution in [0.1, 0.15) is 27.8 Å². The van der Waals surface area contributed by atoms with Gasteiger partial charge in [0.05, 0.1) is 39.6 Å². The molecule has 0 spiro atoms. The van der Waals surface area contributed by atoms with Crippen LogP contribution in [0.5, 0.6) is 23.0 Å². The maximum atomic E-state index is 12.5. The predicted octanol–water partition coefficient (Wildman–Crippen LogP) is 7.76. The number of hydrogen-bond donors (Lipinski definition) is 2. The summed E-state index contributed by atoms with van der Waals surface area (Å²) in [4.78, 5) is 31.2. The molecule has 5 aromatic carbocycles. The molecule has 366 valence electrons. The van der Waals surface area contributed by atoms with Gasteiger partial charge in [0.15, 0.2) is 0 Å². The lowest BCUT2D eigenvalue weighted by molar-refractivity contribution is -0.00225. The van der Waals surface area contributed by atoms with E-state index >= 15 is 0 Å². The molecular weight excluding hydrogens is 867 g/mol. The number of rotatable bonds is 28. The van der Waals surface area contributed by atoms with Gasteiger partial charge >= 0.3 is 12.2 Å². The first-order valence-electron chi connectivity index (χ1n) is 22.7. The number of carbonyl (C=O) groups is 2. The summed E-state index contributed by atoms with van der Waals surface area (Å²) < 4.78 is 47.1. The molecule has 68 heavy (non-hydrogen) atoms. The van der Waals surface area contributed by atoms with Crippen molar-refractivity contribution < 1.29 is 47.5 Å². The topological polar surface area (TPSA) is 142 Å². The number of amides is 2. The van der Waals surface area contributed by atoms with Gasteiger partial charge in [-0.3, -0.25) is 0 Å². The molecule has 0 saturated heterocycles. The summed E-state index contributed by atoms with van der Waals surface area (Å²) in [5, 5.41) is 5.61. The molecule has 0 aliphatic heterocycles. The molecule has 0 aliphatic rings. The second-order valence-corrected chi connectivity index (χ2v) is 16.9. The van der Waals surface area contributed by atoms with Gasteiger partial charge in [-0.05, 0) is 103 Å². The van der Waals surface area contributed by atoms with Crippen molar-refractivity contribution in [3.8, 4) is 23.0 Å². The minimum atomic E-state index is -0.524. The maximum Gasteiger partial charge on any atom is 0.407 e. The van der Waals surface area contributed by atoms with Crippen molar-refractivity contribution in [2.75, 3.05) is 106 Å². The largest absolute Gasteiger partial charge is 0.497 e. The lowest BCUT2D eigenvalue weighted by atomic mass is 10.1. The van der Waals surface area contributed by atoms with Gasteiger partial charge in [0.1, 0.15) is 49.4 Å². The molecule has 0 saturated carbocycles. The van der Waals surface area contributed by atoms with Crippen LogP contribution in [0.4, 0.5) is 21.0 Å². The molecule has 0 aliphatic carbocycles. The Morgan fingerprint density at radius 2 is 0.853 bits per heavy atom. The summed E-state index contributed by atoms with van der Waals surface area (Å²) in [6.07, 6.45) is -0.725. The number of anilines is 2. The third-order valence-corrected chi connectivity index (χ3v) is 10.7. The summed E-state index contributed by atoms with van der Waals surface area (Å²) >= 11 is 0. The summed E-state index contributed by atoms with van der Waals surface area (Å²) in [6.45, 7) is 2.23. The predicted molar refractivity (Wildman–Crippen MR) is 266 cm³/mol. The molecule has 0 bridgehead atoms. The monoisotopic (exact) mass is 936 g/mol.